The molecule has 24 heavy (non-hydrogen) atoms. The number of rotatable bonds is 4. The first-order valence-electron chi connectivity index (χ1n) is 8.18. The lowest BCUT2D eigenvalue weighted by molar-refractivity contribution is -0.147. The molecule has 2 aromatic rings. The van der Waals surface area contributed by atoms with Crippen LogP contribution in [-0.2, 0) is 10.2 Å². The Labute approximate surface area is 140 Å². The Morgan fingerprint density at radius 3 is 2.25 bits per heavy atom. The molecule has 2 aliphatic rings. The van der Waals surface area contributed by atoms with Crippen molar-refractivity contribution in [3.63, 3.8) is 0 Å². The maximum Gasteiger partial charge on any atom is 0.314 e. The fourth-order valence-electron chi connectivity index (χ4n) is 3.32. The molecule has 0 spiro atoms. The van der Waals surface area contributed by atoms with Crippen LogP contribution in [0.3, 0.4) is 0 Å². The number of hydrogen-bond donors (Lipinski definition) is 2. The van der Waals surface area contributed by atoms with Gasteiger partial charge in [0.05, 0.1) is 5.41 Å². The van der Waals surface area contributed by atoms with Gasteiger partial charge in [-0.25, -0.2) is 0 Å². The summed E-state index contributed by atoms with van der Waals surface area (Å²) in [6, 6.07) is 13.4. The molecule has 1 heterocycles. The molecule has 1 aliphatic heterocycles. The molecule has 1 saturated carbocycles. The molecular weight excluding hydrogens is 306 g/mol. The minimum Gasteiger partial charge on any atom is -0.486 e. The van der Waals surface area contributed by atoms with Crippen molar-refractivity contribution in [1.82, 2.24) is 0 Å². The van der Waals surface area contributed by atoms with Crippen LogP contribution >= 0.6 is 0 Å². The third-order valence-electron chi connectivity index (χ3n) is 4.88. The number of benzene rings is 2. The smallest absolute Gasteiger partial charge is 0.314 e. The minimum atomic E-state index is -0.721. The predicted molar refractivity (Wildman–Crippen MR) is 90.3 cm³/mol. The Morgan fingerprint density at radius 1 is 0.958 bits per heavy atom. The molecular formula is C19H19NO4. The Hall–Kier alpha value is -2.69. The Kier molecular flexibility index (Phi) is 3.56. The fourth-order valence-corrected chi connectivity index (χ4v) is 3.32. The van der Waals surface area contributed by atoms with Crippen molar-refractivity contribution in [2.24, 2.45) is 0 Å². The fraction of sp³-hybridized carbons (Fsp3) is 0.316. The number of carboxylic acids is 1. The molecule has 0 atom stereocenters. The van der Waals surface area contributed by atoms with E-state index in [4.69, 9.17) is 9.47 Å². The van der Waals surface area contributed by atoms with E-state index in [1.54, 1.807) is 0 Å². The van der Waals surface area contributed by atoms with Crippen LogP contribution in [0.25, 0.3) is 0 Å². The van der Waals surface area contributed by atoms with E-state index < -0.39 is 11.4 Å². The summed E-state index contributed by atoms with van der Waals surface area (Å²) in [5.74, 6) is 0.777. The summed E-state index contributed by atoms with van der Waals surface area (Å²) in [5.41, 5.74) is 2.02. The van der Waals surface area contributed by atoms with Crippen molar-refractivity contribution in [3.05, 3.63) is 48.0 Å². The zero-order chi connectivity index (χ0) is 16.6. The standard InChI is InChI=1S/C19H19NO4/c21-18(22)19(8-1-9-19)13-2-4-14(5-3-13)20-15-6-7-16-17(12-15)24-11-10-23-16/h2-7,12,20H,1,8-11H2,(H,21,22). The molecule has 2 N–H and O–H groups in total. The molecule has 124 valence electrons. The molecule has 0 saturated heterocycles. The first kappa shape index (κ1) is 14.9. The summed E-state index contributed by atoms with van der Waals surface area (Å²) in [5, 5.41) is 12.8. The molecule has 0 unspecified atom stereocenters. The molecule has 2 aromatic carbocycles. The quantitative estimate of drug-likeness (QED) is 0.897. The van der Waals surface area contributed by atoms with Gasteiger partial charge >= 0.3 is 5.97 Å². The number of hydrogen-bond acceptors (Lipinski definition) is 4. The first-order chi connectivity index (χ1) is 11.7. The van der Waals surface area contributed by atoms with Crippen molar-refractivity contribution < 1.29 is 19.4 Å². The van der Waals surface area contributed by atoms with Gasteiger partial charge in [-0.15, -0.1) is 0 Å². The van der Waals surface area contributed by atoms with E-state index in [2.05, 4.69) is 5.32 Å². The van der Waals surface area contributed by atoms with Crippen molar-refractivity contribution in [3.8, 4) is 11.5 Å². The van der Waals surface area contributed by atoms with E-state index >= 15 is 0 Å². The second-order valence-corrected chi connectivity index (χ2v) is 6.30. The van der Waals surface area contributed by atoms with Crippen LogP contribution in [0.1, 0.15) is 24.8 Å². The highest BCUT2D eigenvalue weighted by Crippen LogP contribution is 2.44. The van der Waals surface area contributed by atoms with Crippen molar-refractivity contribution in [2.75, 3.05) is 18.5 Å². The lowest BCUT2D eigenvalue weighted by atomic mass is 9.64. The molecule has 0 aromatic heterocycles. The van der Waals surface area contributed by atoms with Crippen LogP contribution in [0.5, 0.6) is 11.5 Å². The maximum atomic E-state index is 11.6. The number of carbonyl (C=O) groups is 1. The highest BCUT2D eigenvalue weighted by molar-refractivity contribution is 5.82. The third kappa shape index (κ3) is 2.46. The van der Waals surface area contributed by atoms with Gasteiger partial charge in [-0.2, -0.15) is 0 Å². The van der Waals surface area contributed by atoms with E-state index in [9.17, 15) is 9.90 Å². The number of nitrogens with one attached hydrogen (secondary N) is 1. The molecule has 0 radical (unpaired) electrons. The van der Waals surface area contributed by atoms with E-state index in [1.165, 1.54) is 0 Å². The van der Waals surface area contributed by atoms with Crippen LogP contribution in [-0.4, -0.2) is 24.3 Å². The molecule has 5 heteroatoms. The second-order valence-electron chi connectivity index (χ2n) is 6.30. The summed E-state index contributed by atoms with van der Waals surface area (Å²) in [6.45, 7) is 1.13. The largest absolute Gasteiger partial charge is 0.486 e. The summed E-state index contributed by atoms with van der Waals surface area (Å²) in [4.78, 5) is 11.6. The Bertz CT molecular complexity index is 765. The van der Waals surface area contributed by atoms with E-state index in [1.807, 2.05) is 42.5 Å². The van der Waals surface area contributed by atoms with Gasteiger partial charge in [-0.1, -0.05) is 18.6 Å². The van der Waals surface area contributed by atoms with Crippen LogP contribution in [0.4, 0.5) is 11.4 Å². The van der Waals surface area contributed by atoms with Gasteiger partial charge in [0.25, 0.3) is 0 Å². The van der Waals surface area contributed by atoms with Crippen LogP contribution in [0, 0.1) is 0 Å². The molecule has 0 bridgehead atoms. The molecule has 4 rings (SSSR count). The van der Waals surface area contributed by atoms with Crippen molar-refractivity contribution in [2.45, 2.75) is 24.7 Å². The zero-order valence-electron chi connectivity index (χ0n) is 13.2. The van der Waals surface area contributed by atoms with Crippen LogP contribution in [0.2, 0.25) is 0 Å². The van der Waals surface area contributed by atoms with Gasteiger partial charge in [0.1, 0.15) is 13.2 Å². The normalized spacial score (nSPS) is 17.7. The SMILES string of the molecule is O=C(O)C1(c2ccc(Nc3ccc4c(c3)OCCO4)cc2)CCC1. The topological polar surface area (TPSA) is 67.8 Å². The average Bonchev–Trinajstić information content (AvgIpc) is 2.55. The molecule has 0 amide bonds. The van der Waals surface area contributed by atoms with Gasteiger partial charge in [0.15, 0.2) is 11.5 Å². The number of anilines is 2. The monoisotopic (exact) mass is 325 g/mol. The Morgan fingerprint density at radius 2 is 1.62 bits per heavy atom. The summed E-state index contributed by atoms with van der Waals surface area (Å²) < 4.78 is 11.1. The Balaban J connectivity index is 1.52. The maximum absolute atomic E-state index is 11.6. The second kappa shape index (κ2) is 5.74. The average molecular weight is 325 g/mol. The van der Waals surface area contributed by atoms with Gasteiger partial charge < -0.3 is 19.9 Å². The highest BCUT2D eigenvalue weighted by atomic mass is 16.6. The molecule has 5 nitrogen and oxygen atoms in total. The molecule has 1 fully saturated rings. The zero-order valence-corrected chi connectivity index (χ0v) is 13.2. The minimum absolute atomic E-state index is 0.558. The third-order valence-corrected chi connectivity index (χ3v) is 4.88. The summed E-state index contributed by atoms with van der Waals surface area (Å²) >= 11 is 0. The summed E-state index contributed by atoms with van der Waals surface area (Å²) in [7, 11) is 0. The van der Waals surface area contributed by atoms with E-state index in [-0.39, 0.29) is 0 Å². The van der Waals surface area contributed by atoms with E-state index in [0.29, 0.717) is 13.2 Å². The van der Waals surface area contributed by atoms with Crippen molar-refractivity contribution in [1.29, 1.82) is 0 Å². The van der Waals surface area contributed by atoms with Gasteiger partial charge in [-0.3, -0.25) is 4.79 Å². The van der Waals surface area contributed by atoms with Gasteiger partial charge in [-0.05, 0) is 42.7 Å². The van der Waals surface area contributed by atoms with Gasteiger partial charge in [0.2, 0.25) is 0 Å². The number of aliphatic carboxylic acids is 1. The first-order valence-corrected chi connectivity index (χ1v) is 8.18. The molecule has 1 aliphatic carbocycles. The lowest BCUT2D eigenvalue weighted by Gasteiger charge is -2.38. The highest BCUT2D eigenvalue weighted by Gasteiger charge is 2.45. The van der Waals surface area contributed by atoms with Crippen LogP contribution < -0.4 is 14.8 Å². The number of fused-ring (bicyclic) bond motifs is 1. The lowest BCUT2D eigenvalue weighted by Crippen LogP contribution is -2.42. The van der Waals surface area contributed by atoms with Crippen LogP contribution in [0.15, 0.2) is 42.5 Å². The summed E-state index contributed by atoms with van der Waals surface area (Å²) in [6.07, 6.45) is 2.41. The van der Waals surface area contributed by atoms with Crippen molar-refractivity contribution >= 4 is 17.3 Å². The van der Waals surface area contributed by atoms with Gasteiger partial charge in [0, 0.05) is 17.4 Å². The van der Waals surface area contributed by atoms with E-state index in [0.717, 1.165) is 47.7 Å². The predicted octanol–water partition coefficient (Wildman–Crippen LogP) is 3.71. The number of carboxylic acid groups (broad SMARTS) is 1. The number of ether oxygens (including phenoxy) is 2.